The molecule has 1 aliphatic rings. The van der Waals surface area contributed by atoms with E-state index in [1.54, 1.807) is 7.05 Å². The summed E-state index contributed by atoms with van der Waals surface area (Å²) in [5, 5.41) is 11.8. The van der Waals surface area contributed by atoms with E-state index in [-0.39, 0.29) is 0 Å². The van der Waals surface area contributed by atoms with Crippen LogP contribution in [0.1, 0.15) is 23.6 Å². The molecule has 0 aromatic carbocycles. The van der Waals surface area contributed by atoms with Gasteiger partial charge in [-0.3, -0.25) is 0 Å². The number of ether oxygens (including phenoxy) is 1. The molecule has 4 heteroatoms. The zero-order valence-corrected chi connectivity index (χ0v) is 8.66. The molecule has 78 valence electrons. The Balaban J connectivity index is 2.30. The highest BCUT2D eigenvalue weighted by Crippen LogP contribution is 2.25. The first kappa shape index (κ1) is 9.94. The van der Waals surface area contributed by atoms with Gasteiger partial charge in [0.1, 0.15) is 11.9 Å². The van der Waals surface area contributed by atoms with E-state index in [9.17, 15) is 0 Å². The lowest BCUT2D eigenvalue weighted by molar-refractivity contribution is 0.193. The second-order valence-corrected chi connectivity index (χ2v) is 3.55. The van der Waals surface area contributed by atoms with Crippen molar-refractivity contribution >= 4 is 5.82 Å². The van der Waals surface area contributed by atoms with Crippen LogP contribution in [0.3, 0.4) is 0 Å². The van der Waals surface area contributed by atoms with E-state index < -0.39 is 0 Å². The van der Waals surface area contributed by atoms with Crippen LogP contribution in [0.25, 0.3) is 0 Å². The molecule has 15 heavy (non-hydrogen) atoms. The quantitative estimate of drug-likeness (QED) is 0.791. The van der Waals surface area contributed by atoms with E-state index in [4.69, 9.17) is 10.00 Å². The van der Waals surface area contributed by atoms with E-state index in [0.29, 0.717) is 17.3 Å². The minimum atomic E-state index is 0.379. The van der Waals surface area contributed by atoms with Gasteiger partial charge < -0.3 is 10.1 Å². The minimum Gasteiger partial charge on any atom is -0.381 e. The zero-order valence-electron chi connectivity index (χ0n) is 8.66. The third-order valence-corrected chi connectivity index (χ3v) is 2.62. The SMILES string of the molecule is CNc1nc(C2CCOC2)ccc1C#N. The second kappa shape index (κ2) is 4.28. The largest absolute Gasteiger partial charge is 0.381 e. The van der Waals surface area contributed by atoms with Crippen LogP contribution >= 0.6 is 0 Å². The number of hydrogen-bond acceptors (Lipinski definition) is 4. The van der Waals surface area contributed by atoms with Gasteiger partial charge in [-0.25, -0.2) is 4.98 Å². The normalized spacial score (nSPS) is 19.9. The lowest BCUT2D eigenvalue weighted by Gasteiger charge is -2.09. The van der Waals surface area contributed by atoms with Gasteiger partial charge in [0.25, 0.3) is 0 Å². The molecule has 1 fully saturated rings. The maximum absolute atomic E-state index is 8.85. The van der Waals surface area contributed by atoms with Crippen LogP contribution in [0.4, 0.5) is 5.82 Å². The summed E-state index contributed by atoms with van der Waals surface area (Å²) in [5.41, 5.74) is 1.59. The molecule has 4 nitrogen and oxygen atoms in total. The summed E-state index contributed by atoms with van der Waals surface area (Å²) < 4.78 is 5.32. The van der Waals surface area contributed by atoms with Gasteiger partial charge in [0, 0.05) is 25.3 Å². The van der Waals surface area contributed by atoms with E-state index in [1.165, 1.54) is 0 Å². The summed E-state index contributed by atoms with van der Waals surface area (Å²) in [6.07, 6.45) is 1.02. The lowest BCUT2D eigenvalue weighted by Crippen LogP contribution is -2.04. The first-order valence-electron chi connectivity index (χ1n) is 5.01. The third kappa shape index (κ3) is 1.92. The monoisotopic (exact) mass is 203 g/mol. The number of anilines is 1. The minimum absolute atomic E-state index is 0.379. The van der Waals surface area contributed by atoms with Crippen LogP contribution in [-0.2, 0) is 4.74 Å². The fourth-order valence-electron chi connectivity index (χ4n) is 1.75. The second-order valence-electron chi connectivity index (χ2n) is 3.55. The van der Waals surface area contributed by atoms with Gasteiger partial charge in [-0.2, -0.15) is 5.26 Å². The molecule has 1 aromatic heterocycles. The predicted octanol–water partition coefficient (Wildman–Crippen LogP) is 1.50. The van der Waals surface area contributed by atoms with Crippen LogP contribution in [0.5, 0.6) is 0 Å². The summed E-state index contributed by atoms with van der Waals surface area (Å²) >= 11 is 0. The summed E-state index contributed by atoms with van der Waals surface area (Å²) in [6.45, 7) is 1.54. The Labute approximate surface area is 88.9 Å². The molecule has 1 atom stereocenters. The third-order valence-electron chi connectivity index (χ3n) is 2.62. The Kier molecular flexibility index (Phi) is 2.84. The summed E-state index contributed by atoms with van der Waals surface area (Å²) in [6, 6.07) is 5.84. The maximum Gasteiger partial charge on any atom is 0.143 e. The number of aromatic nitrogens is 1. The van der Waals surface area contributed by atoms with Gasteiger partial charge in [-0.05, 0) is 18.6 Å². The predicted molar refractivity (Wildman–Crippen MR) is 56.7 cm³/mol. The number of nitriles is 1. The van der Waals surface area contributed by atoms with Crippen LogP contribution in [0.15, 0.2) is 12.1 Å². The van der Waals surface area contributed by atoms with Gasteiger partial charge in [-0.1, -0.05) is 0 Å². The molecule has 1 aromatic rings. The molecule has 2 rings (SSSR count). The molecule has 0 aliphatic carbocycles. The van der Waals surface area contributed by atoms with E-state index in [0.717, 1.165) is 25.3 Å². The van der Waals surface area contributed by atoms with Gasteiger partial charge in [0.2, 0.25) is 0 Å². The molecule has 0 spiro atoms. The fraction of sp³-hybridized carbons (Fsp3) is 0.455. The molecule has 0 radical (unpaired) electrons. The molecule has 1 unspecified atom stereocenters. The number of hydrogen-bond donors (Lipinski definition) is 1. The summed E-state index contributed by atoms with van der Waals surface area (Å²) in [5.74, 6) is 1.03. The Morgan fingerprint density at radius 1 is 1.60 bits per heavy atom. The van der Waals surface area contributed by atoms with Crippen LogP contribution < -0.4 is 5.32 Å². The number of nitrogens with zero attached hydrogens (tertiary/aromatic N) is 2. The Morgan fingerprint density at radius 2 is 2.47 bits per heavy atom. The molecule has 2 heterocycles. The van der Waals surface area contributed by atoms with Crippen molar-refractivity contribution in [2.45, 2.75) is 12.3 Å². The standard InChI is InChI=1S/C11H13N3O/c1-13-11-8(6-12)2-3-10(14-11)9-4-5-15-7-9/h2-3,9H,4-5,7H2,1H3,(H,13,14). The number of pyridine rings is 1. The van der Waals surface area contributed by atoms with Gasteiger partial charge in [0.15, 0.2) is 0 Å². The highest BCUT2D eigenvalue weighted by Gasteiger charge is 2.19. The molecular formula is C11H13N3O. The van der Waals surface area contributed by atoms with Crippen molar-refractivity contribution in [2.24, 2.45) is 0 Å². The topological polar surface area (TPSA) is 57.9 Å². The molecule has 1 aliphatic heterocycles. The Hall–Kier alpha value is -1.60. The van der Waals surface area contributed by atoms with Crippen molar-refractivity contribution < 1.29 is 4.74 Å². The van der Waals surface area contributed by atoms with Crippen molar-refractivity contribution in [3.8, 4) is 6.07 Å². The Morgan fingerprint density at radius 3 is 3.07 bits per heavy atom. The van der Waals surface area contributed by atoms with Crippen LogP contribution in [-0.4, -0.2) is 25.2 Å². The molecule has 1 saturated heterocycles. The highest BCUT2D eigenvalue weighted by atomic mass is 16.5. The molecule has 0 bridgehead atoms. The first-order valence-corrected chi connectivity index (χ1v) is 5.01. The average molecular weight is 203 g/mol. The molecule has 1 N–H and O–H groups in total. The summed E-state index contributed by atoms with van der Waals surface area (Å²) in [4.78, 5) is 4.43. The molecule has 0 saturated carbocycles. The van der Waals surface area contributed by atoms with Crippen molar-refractivity contribution in [3.63, 3.8) is 0 Å². The van der Waals surface area contributed by atoms with Gasteiger partial charge >= 0.3 is 0 Å². The maximum atomic E-state index is 8.85. The lowest BCUT2D eigenvalue weighted by atomic mass is 10.0. The fourth-order valence-corrected chi connectivity index (χ4v) is 1.75. The number of nitrogens with one attached hydrogen (secondary N) is 1. The molecule has 0 amide bonds. The number of rotatable bonds is 2. The van der Waals surface area contributed by atoms with Gasteiger partial charge in [-0.15, -0.1) is 0 Å². The van der Waals surface area contributed by atoms with E-state index in [1.807, 2.05) is 12.1 Å². The Bertz CT molecular complexity index is 391. The van der Waals surface area contributed by atoms with Crippen LogP contribution in [0, 0.1) is 11.3 Å². The smallest absolute Gasteiger partial charge is 0.143 e. The zero-order chi connectivity index (χ0) is 10.7. The van der Waals surface area contributed by atoms with Gasteiger partial charge in [0.05, 0.1) is 12.2 Å². The van der Waals surface area contributed by atoms with E-state index >= 15 is 0 Å². The van der Waals surface area contributed by atoms with E-state index in [2.05, 4.69) is 16.4 Å². The van der Waals surface area contributed by atoms with Crippen LogP contribution in [0.2, 0.25) is 0 Å². The van der Waals surface area contributed by atoms with Crippen molar-refractivity contribution in [3.05, 3.63) is 23.4 Å². The van der Waals surface area contributed by atoms with Crippen molar-refractivity contribution in [1.82, 2.24) is 4.98 Å². The summed E-state index contributed by atoms with van der Waals surface area (Å²) in [7, 11) is 1.78. The first-order chi connectivity index (χ1) is 7.35. The van der Waals surface area contributed by atoms with Crippen molar-refractivity contribution in [2.75, 3.05) is 25.6 Å². The van der Waals surface area contributed by atoms with Crippen molar-refractivity contribution in [1.29, 1.82) is 5.26 Å². The highest BCUT2D eigenvalue weighted by molar-refractivity contribution is 5.52. The molecular weight excluding hydrogens is 190 g/mol. The average Bonchev–Trinajstić information content (AvgIpc) is 2.81.